The molecule has 0 saturated carbocycles. The number of nitrogens with zero attached hydrogens (tertiary/aromatic N) is 1. The molecule has 0 bridgehead atoms. The van der Waals surface area contributed by atoms with Crippen molar-refractivity contribution in [1.29, 1.82) is 0 Å². The largest absolute Gasteiger partial charge is 0.378 e. The van der Waals surface area contributed by atoms with Crippen molar-refractivity contribution in [2.75, 3.05) is 46.1 Å². The third-order valence-electron chi connectivity index (χ3n) is 3.28. The van der Waals surface area contributed by atoms with Gasteiger partial charge in [0.25, 0.3) is 0 Å². The number of carbonyl (C=O) groups excluding carboxylic acids is 2. The maximum atomic E-state index is 12.4. The summed E-state index contributed by atoms with van der Waals surface area (Å²) in [4.78, 5) is 26.0. The molecule has 0 aromatic rings. The van der Waals surface area contributed by atoms with Gasteiger partial charge >= 0.3 is 0 Å². The lowest BCUT2D eigenvalue weighted by molar-refractivity contribution is -0.152. The van der Waals surface area contributed by atoms with E-state index in [1.807, 2.05) is 6.92 Å². The van der Waals surface area contributed by atoms with Crippen LogP contribution in [0.2, 0.25) is 0 Å². The first-order chi connectivity index (χ1) is 9.24. The highest BCUT2D eigenvalue weighted by Crippen LogP contribution is 2.10. The second-order valence-electron chi connectivity index (χ2n) is 4.60. The van der Waals surface area contributed by atoms with Gasteiger partial charge in [0.2, 0.25) is 11.8 Å². The topological polar surface area (TPSA) is 79.9 Å². The molecule has 0 aromatic heterocycles. The molecule has 2 aliphatic heterocycles. The molecule has 0 aromatic carbocycles. The van der Waals surface area contributed by atoms with Gasteiger partial charge in [-0.2, -0.15) is 0 Å². The molecular formula is C12H21N3O4. The zero-order valence-electron chi connectivity index (χ0n) is 11.2. The quantitative estimate of drug-likeness (QED) is 0.642. The fraction of sp³-hybridized carbons (Fsp3) is 0.833. The summed E-state index contributed by atoms with van der Waals surface area (Å²) in [6.45, 7) is 5.20. The van der Waals surface area contributed by atoms with E-state index in [4.69, 9.17) is 9.47 Å². The lowest BCUT2D eigenvalue weighted by atomic mass is 10.1. The molecular weight excluding hydrogens is 250 g/mol. The zero-order chi connectivity index (χ0) is 13.7. The van der Waals surface area contributed by atoms with Crippen LogP contribution < -0.4 is 10.6 Å². The van der Waals surface area contributed by atoms with Gasteiger partial charge in [-0.3, -0.25) is 9.59 Å². The van der Waals surface area contributed by atoms with Crippen LogP contribution in [-0.4, -0.2) is 74.9 Å². The Balaban J connectivity index is 2.01. The number of rotatable bonds is 3. The lowest BCUT2D eigenvalue weighted by Crippen LogP contribution is -2.61. The Labute approximate surface area is 112 Å². The molecule has 2 unspecified atom stereocenters. The normalized spacial score (nSPS) is 27.9. The van der Waals surface area contributed by atoms with Gasteiger partial charge < -0.3 is 25.0 Å². The molecule has 108 valence electrons. The molecule has 0 radical (unpaired) electrons. The summed E-state index contributed by atoms with van der Waals surface area (Å²) in [5.41, 5.74) is 0. The summed E-state index contributed by atoms with van der Waals surface area (Å²) in [5, 5.41) is 5.86. The summed E-state index contributed by atoms with van der Waals surface area (Å²) < 4.78 is 10.6. The Morgan fingerprint density at radius 2 is 2.11 bits per heavy atom. The summed E-state index contributed by atoms with van der Waals surface area (Å²) >= 11 is 0. The van der Waals surface area contributed by atoms with E-state index < -0.39 is 6.04 Å². The number of morpholine rings is 2. The van der Waals surface area contributed by atoms with Crippen molar-refractivity contribution in [1.82, 2.24) is 15.5 Å². The van der Waals surface area contributed by atoms with Gasteiger partial charge in [-0.15, -0.1) is 0 Å². The van der Waals surface area contributed by atoms with Crippen LogP contribution in [0, 0.1) is 0 Å². The van der Waals surface area contributed by atoms with E-state index in [0.29, 0.717) is 39.5 Å². The Morgan fingerprint density at radius 3 is 2.79 bits per heavy atom. The van der Waals surface area contributed by atoms with Gasteiger partial charge in [0.15, 0.2) is 0 Å². The van der Waals surface area contributed by atoms with E-state index in [9.17, 15) is 9.59 Å². The Bertz CT molecular complexity index is 331. The fourth-order valence-corrected chi connectivity index (χ4v) is 2.30. The molecule has 2 saturated heterocycles. The van der Waals surface area contributed by atoms with E-state index in [1.165, 1.54) is 0 Å². The second kappa shape index (κ2) is 6.83. The van der Waals surface area contributed by atoms with Crippen LogP contribution in [0.4, 0.5) is 0 Å². The predicted octanol–water partition coefficient (Wildman–Crippen LogP) is -1.66. The molecule has 2 fully saturated rings. The van der Waals surface area contributed by atoms with Crippen molar-refractivity contribution in [3.63, 3.8) is 0 Å². The van der Waals surface area contributed by atoms with E-state index in [1.54, 1.807) is 4.90 Å². The van der Waals surface area contributed by atoms with Crippen molar-refractivity contribution < 1.29 is 19.1 Å². The molecule has 2 heterocycles. The van der Waals surface area contributed by atoms with Gasteiger partial charge in [0, 0.05) is 19.6 Å². The van der Waals surface area contributed by atoms with Crippen molar-refractivity contribution in [2.45, 2.75) is 19.0 Å². The number of nitrogens with one attached hydrogen (secondary N) is 2. The molecule has 2 N–H and O–H groups in total. The molecule has 2 rings (SSSR count). The third kappa shape index (κ3) is 3.43. The number of amides is 2. The monoisotopic (exact) mass is 271 g/mol. The minimum Gasteiger partial charge on any atom is -0.378 e. The Kier molecular flexibility index (Phi) is 5.12. The number of carbonyl (C=O) groups is 2. The highest BCUT2D eigenvalue weighted by Gasteiger charge is 2.36. The first-order valence-corrected chi connectivity index (χ1v) is 6.71. The van der Waals surface area contributed by atoms with Gasteiger partial charge in [-0.05, 0) is 6.92 Å². The van der Waals surface area contributed by atoms with Crippen LogP contribution in [0.5, 0.6) is 0 Å². The summed E-state index contributed by atoms with van der Waals surface area (Å²) in [5.74, 6) is -0.244. The van der Waals surface area contributed by atoms with Crippen LogP contribution in [0.3, 0.4) is 0 Å². The van der Waals surface area contributed by atoms with Gasteiger partial charge in [0.1, 0.15) is 12.1 Å². The molecule has 2 amide bonds. The predicted molar refractivity (Wildman–Crippen MR) is 67.6 cm³/mol. The number of ether oxygens (including phenoxy) is 2. The number of hydrogen-bond donors (Lipinski definition) is 2. The Morgan fingerprint density at radius 1 is 1.32 bits per heavy atom. The van der Waals surface area contributed by atoms with E-state index in [2.05, 4.69) is 10.6 Å². The molecule has 7 heteroatoms. The van der Waals surface area contributed by atoms with Crippen molar-refractivity contribution in [2.24, 2.45) is 0 Å². The smallest absolute Gasteiger partial charge is 0.245 e. The van der Waals surface area contributed by atoms with E-state index >= 15 is 0 Å². The van der Waals surface area contributed by atoms with Crippen LogP contribution in [-0.2, 0) is 19.1 Å². The SMILES string of the molecule is CCNC(=O)C1COCCN1C(=O)C1COCCN1. The summed E-state index contributed by atoms with van der Waals surface area (Å²) in [6, 6.07) is -0.895. The highest BCUT2D eigenvalue weighted by molar-refractivity contribution is 5.90. The molecule has 7 nitrogen and oxygen atoms in total. The van der Waals surface area contributed by atoms with Crippen molar-refractivity contribution >= 4 is 11.8 Å². The Hall–Kier alpha value is -1.18. The number of likely N-dealkylation sites (N-methyl/N-ethyl adjacent to an activating group) is 1. The molecule has 0 aliphatic carbocycles. The third-order valence-corrected chi connectivity index (χ3v) is 3.28. The fourth-order valence-electron chi connectivity index (χ4n) is 2.30. The maximum Gasteiger partial charge on any atom is 0.245 e. The molecule has 0 spiro atoms. The van der Waals surface area contributed by atoms with Crippen molar-refractivity contribution in [3.8, 4) is 0 Å². The van der Waals surface area contributed by atoms with Gasteiger partial charge in [-0.1, -0.05) is 0 Å². The van der Waals surface area contributed by atoms with Crippen molar-refractivity contribution in [3.05, 3.63) is 0 Å². The van der Waals surface area contributed by atoms with Gasteiger partial charge in [-0.25, -0.2) is 0 Å². The van der Waals surface area contributed by atoms with Crippen LogP contribution in [0.25, 0.3) is 0 Å². The minimum atomic E-state index is -0.537. The van der Waals surface area contributed by atoms with E-state index in [-0.39, 0.29) is 24.5 Å². The lowest BCUT2D eigenvalue weighted by Gasteiger charge is -2.37. The van der Waals surface area contributed by atoms with Crippen LogP contribution in [0.15, 0.2) is 0 Å². The van der Waals surface area contributed by atoms with Crippen LogP contribution >= 0.6 is 0 Å². The average molecular weight is 271 g/mol. The summed E-state index contributed by atoms with van der Waals surface area (Å²) in [7, 11) is 0. The first kappa shape index (κ1) is 14.2. The molecule has 19 heavy (non-hydrogen) atoms. The standard InChI is InChI=1S/C12H21N3O4/c1-2-13-11(16)10-8-19-6-4-15(10)12(17)9-7-18-5-3-14-9/h9-10,14H,2-8H2,1H3,(H,13,16). The highest BCUT2D eigenvalue weighted by atomic mass is 16.5. The van der Waals surface area contributed by atoms with E-state index in [0.717, 1.165) is 0 Å². The van der Waals surface area contributed by atoms with Crippen LogP contribution in [0.1, 0.15) is 6.92 Å². The summed E-state index contributed by atoms with van der Waals surface area (Å²) in [6.07, 6.45) is 0. The second-order valence-corrected chi connectivity index (χ2v) is 4.60. The average Bonchev–Trinajstić information content (AvgIpc) is 2.47. The first-order valence-electron chi connectivity index (χ1n) is 6.71. The zero-order valence-corrected chi connectivity index (χ0v) is 11.2. The molecule has 2 atom stereocenters. The number of hydrogen-bond acceptors (Lipinski definition) is 5. The minimum absolute atomic E-state index is 0.0840. The van der Waals surface area contributed by atoms with Gasteiger partial charge in [0.05, 0.1) is 26.4 Å². The molecule has 2 aliphatic rings. The maximum absolute atomic E-state index is 12.4.